The summed E-state index contributed by atoms with van der Waals surface area (Å²) in [6.07, 6.45) is -3.44. The molecule has 0 unspecified atom stereocenters. The molecule has 5 aromatic heterocycles. The first-order valence-electron chi connectivity index (χ1n) is 37.7. The van der Waals surface area contributed by atoms with E-state index in [9.17, 15) is 64.7 Å². The molecular formula is C80H129BrF6MgN8O20. The van der Waals surface area contributed by atoms with Gasteiger partial charge >= 0.3 is 81.8 Å². The SMILES string of the molecule is CCC[C@@H](NC(=O)OC(C)(C)C)c1cc(C)cc(=O)o1.CCC[C@@H](NC(=O)OC(C)(C)C)c1cc(C)cc(=O)o1.CCC[C@@H](NC(=O)OC(C)(C)C)c1cc(N(CC)CC)cc(=O)o1.CCC[C@@H]([NH3+])c1cc(C)cc(=O)o1.CCC[C@@H]([NH3+])c1cc(N(CC)CC)cc(=O)o1.CCNCC.O=C([O-])C(F)(F)F.O=C([O-])C(F)(F)F.[Br-].[CH3-].[Mg+2]. The standard InChI is InChI=1S/C18H30N2O4.2C15H23NO4.C13H22N2O2.C10H15NO2.C4H11N.2C2HF3O2.CH3.BrH.Mg/c1-7-10-14(19-17(22)24-18(4,5)6)15-11-13(12-16(21)23-15)20(8-2)9-3;2*1-6-7-11(16-14(18)20-15(3,4)5)12-8-10(2)9-13(17)19-12;1-4-7-11(14)12-8-10(9-13(16)17-12)15(5-2)6-3;1-3-4-8(11)9-5-7(2)6-10(12)13-9;1-3-5-4-2;2*3-2(4,5)1(6)7;;;/h11-12,14H,7-10H2,1-6H3,(H,19,22);2*8-9,11H,6-7H2,1-5H3,(H,16,18);8-9,11H,4-7,14H2,1-3H3;5-6,8H,3-4,11H2,1-2H3;5H,3-4H2,1-2H3;2*(H,6,7);1H3;1H;/q;;;;;;;;-1;;+2/p-1/t14-;3*11-;8-;;;;;;/m11111....../s1. The number of alkyl carbamates (subject to hydrolysis) is 3. The molecule has 28 nitrogen and oxygen atoms in total. The molecule has 0 aliphatic heterocycles. The Bertz CT molecular complexity index is 3780. The van der Waals surface area contributed by atoms with Crippen molar-refractivity contribution >= 4 is 64.6 Å². The Hall–Kier alpha value is -8.19. The number of nitrogens with zero attached hydrogens (tertiary/aromatic N) is 2. The number of halogens is 7. The van der Waals surface area contributed by atoms with Gasteiger partial charge in [0.05, 0.1) is 18.1 Å². The first-order valence-corrected chi connectivity index (χ1v) is 37.7. The topological polar surface area (TPSA) is 420 Å². The molecule has 3 amide bonds. The maximum absolute atomic E-state index is 12.1. The molecule has 0 aliphatic carbocycles. The number of nitrogens with one attached hydrogen (secondary N) is 4. The first-order chi connectivity index (χ1) is 52.2. The molecule has 0 aliphatic rings. The summed E-state index contributed by atoms with van der Waals surface area (Å²) in [6, 6.07) is 15.6. The number of aryl methyl sites for hydroxylation is 3. The number of carboxylic acids is 2. The van der Waals surface area contributed by atoms with Crippen molar-refractivity contribution < 1.29 is 125 Å². The number of hydrogen-bond acceptors (Lipinski definition) is 23. The largest absolute Gasteiger partial charge is 2.00 e. The number of aliphatic carboxylic acids is 2. The third-order valence-electron chi connectivity index (χ3n) is 14.5. The van der Waals surface area contributed by atoms with Crippen molar-refractivity contribution in [2.75, 3.05) is 49.1 Å². The minimum Gasteiger partial charge on any atom is -1.00 e. The molecule has 0 radical (unpaired) electrons. The first kappa shape index (κ1) is 119. The molecule has 0 saturated carbocycles. The Morgan fingerprint density at radius 1 is 0.397 bits per heavy atom. The van der Waals surface area contributed by atoms with E-state index in [1.54, 1.807) is 59.7 Å². The zero-order valence-electron chi connectivity index (χ0n) is 72.3. The summed E-state index contributed by atoms with van der Waals surface area (Å²) < 4.78 is 105. The molecule has 5 aromatic rings. The second-order valence-electron chi connectivity index (χ2n) is 28.4. The molecule has 0 saturated heterocycles. The Kier molecular flexibility index (Phi) is 61.7. The fourth-order valence-electron chi connectivity index (χ4n) is 9.61. The van der Waals surface area contributed by atoms with Crippen molar-refractivity contribution in [3.8, 4) is 0 Å². The average Bonchev–Trinajstić information content (AvgIpc) is 0.841. The summed E-state index contributed by atoms with van der Waals surface area (Å²) in [5.74, 6) is -3.24. The molecule has 0 spiro atoms. The maximum Gasteiger partial charge on any atom is 2.00 e. The average molecular weight is 1740 g/mol. The van der Waals surface area contributed by atoms with Crippen molar-refractivity contribution in [3.05, 3.63) is 166 Å². The van der Waals surface area contributed by atoms with E-state index in [1.165, 1.54) is 24.3 Å². The smallest absolute Gasteiger partial charge is 1.00 e. The number of carbonyl (C=O) groups is 5. The molecule has 116 heavy (non-hydrogen) atoms. The predicted molar refractivity (Wildman–Crippen MR) is 427 cm³/mol. The molecule has 5 rings (SSSR count). The Balaban J connectivity index is -0.000000308. The number of alkyl halides is 6. The Labute approximate surface area is 705 Å². The molecule has 0 aromatic carbocycles. The van der Waals surface area contributed by atoms with Crippen molar-refractivity contribution in [1.82, 2.24) is 21.3 Å². The minimum atomic E-state index is -5.19. The molecule has 5 heterocycles. The van der Waals surface area contributed by atoms with Crippen LogP contribution in [0.4, 0.5) is 52.1 Å². The van der Waals surface area contributed by atoms with Crippen LogP contribution in [-0.4, -0.2) is 122 Å². The number of carbonyl (C=O) groups excluding carboxylic acids is 5. The van der Waals surface area contributed by atoms with Crippen LogP contribution in [0.2, 0.25) is 0 Å². The van der Waals surface area contributed by atoms with Crippen LogP contribution >= 0.6 is 0 Å². The van der Waals surface area contributed by atoms with Crippen LogP contribution in [-0.2, 0) is 23.8 Å². The molecule has 0 fully saturated rings. The van der Waals surface area contributed by atoms with Crippen LogP contribution in [0.25, 0.3) is 0 Å². The van der Waals surface area contributed by atoms with Gasteiger partial charge in [0.2, 0.25) is 0 Å². The van der Waals surface area contributed by atoms with Gasteiger partial charge in [-0.05, 0) is 178 Å². The van der Waals surface area contributed by atoms with Gasteiger partial charge in [0.25, 0.3) is 0 Å². The van der Waals surface area contributed by atoms with Gasteiger partial charge < -0.3 is 123 Å². The van der Waals surface area contributed by atoms with Crippen molar-refractivity contribution in [2.24, 2.45) is 0 Å². The van der Waals surface area contributed by atoms with Gasteiger partial charge in [-0.2, -0.15) is 26.3 Å². The minimum absolute atomic E-state index is 0. The van der Waals surface area contributed by atoms with Crippen molar-refractivity contribution in [2.45, 2.75) is 283 Å². The number of anilines is 2. The normalized spacial score (nSPS) is 12.0. The number of hydrogen-bond donors (Lipinski definition) is 6. The van der Waals surface area contributed by atoms with Gasteiger partial charge in [-0.15, -0.1) is 0 Å². The molecule has 10 N–H and O–H groups in total. The fourth-order valence-corrected chi connectivity index (χ4v) is 9.61. The molecule has 36 heteroatoms. The molecule has 5 atom stereocenters. The van der Waals surface area contributed by atoms with Gasteiger partial charge in [0.15, 0.2) is 11.5 Å². The van der Waals surface area contributed by atoms with E-state index in [1.807, 2.05) is 94.4 Å². The van der Waals surface area contributed by atoms with Crippen LogP contribution < -0.4 is 97.9 Å². The van der Waals surface area contributed by atoms with Crippen LogP contribution in [0.5, 0.6) is 0 Å². The second-order valence-corrected chi connectivity index (χ2v) is 28.4. The molecule has 0 bridgehead atoms. The number of ether oxygens (including phenoxy) is 3. The molecule has 660 valence electrons. The number of rotatable bonds is 26. The number of quaternary nitrogens is 2. The van der Waals surface area contributed by atoms with Gasteiger partial charge in [-0.1, -0.05) is 80.6 Å². The Morgan fingerprint density at radius 2 is 0.603 bits per heavy atom. The van der Waals surface area contributed by atoms with E-state index in [0.29, 0.717) is 48.1 Å². The summed E-state index contributed by atoms with van der Waals surface area (Å²) in [4.78, 5) is 115. The van der Waals surface area contributed by atoms with E-state index in [2.05, 4.69) is 84.1 Å². The summed E-state index contributed by atoms with van der Waals surface area (Å²) in [5, 5.41) is 29.0. The monoisotopic (exact) mass is 1740 g/mol. The zero-order valence-corrected chi connectivity index (χ0v) is 75.3. The zero-order chi connectivity index (χ0) is 88.0. The summed E-state index contributed by atoms with van der Waals surface area (Å²) >= 11 is 0. The van der Waals surface area contributed by atoms with E-state index in [4.69, 9.17) is 56.1 Å². The number of carboxylic acid groups (broad SMARTS) is 2. The Morgan fingerprint density at radius 3 is 0.802 bits per heavy atom. The number of amides is 3. The third-order valence-corrected chi connectivity index (χ3v) is 14.5. The van der Waals surface area contributed by atoms with E-state index < -0.39 is 82.3 Å². The van der Waals surface area contributed by atoms with Crippen LogP contribution in [0.1, 0.15) is 278 Å². The quantitative estimate of drug-likeness (QED) is 0.0130. The van der Waals surface area contributed by atoms with Crippen molar-refractivity contribution in [3.63, 3.8) is 0 Å². The fraction of sp³-hybridized carbons (Fsp3) is 0.613. The maximum atomic E-state index is 12.1. The molecular weight excluding hydrogens is 1610 g/mol. The summed E-state index contributed by atoms with van der Waals surface area (Å²) in [6.45, 7) is 49.9. The summed E-state index contributed by atoms with van der Waals surface area (Å²) in [7, 11) is 0. The third kappa shape index (κ3) is 56.2. The predicted octanol–water partition coefficient (Wildman–Crippen LogP) is 9.37. The van der Waals surface area contributed by atoms with Gasteiger partial charge in [0, 0.05) is 92.9 Å². The van der Waals surface area contributed by atoms with E-state index >= 15 is 0 Å². The summed E-state index contributed by atoms with van der Waals surface area (Å²) in [5.41, 5.74) is 8.79. The van der Waals surface area contributed by atoms with Crippen molar-refractivity contribution in [1.29, 1.82) is 0 Å². The van der Waals surface area contributed by atoms with Gasteiger partial charge in [-0.3, -0.25) is 0 Å². The van der Waals surface area contributed by atoms with Crippen LogP contribution in [0, 0.1) is 28.2 Å². The van der Waals surface area contributed by atoms with E-state index in [0.717, 1.165) is 112 Å². The van der Waals surface area contributed by atoms with E-state index in [-0.39, 0.29) is 82.9 Å². The van der Waals surface area contributed by atoms with Gasteiger partial charge in [0.1, 0.15) is 58.1 Å². The van der Waals surface area contributed by atoms with Crippen LogP contribution in [0.15, 0.2) is 107 Å². The van der Waals surface area contributed by atoms with Gasteiger partial charge in [-0.25, -0.2) is 38.4 Å². The second kappa shape index (κ2) is 60.3. The van der Waals surface area contributed by atoms with Crippen LogP contribution in [0.3, 0.4) is 0 Å².